The van der Waals surface area contributed by atoms with Gasteiger partial charge in [-0.05, 0) is 30.7 Å². The number of halogens is 2. The van der Waals surface area contributed by atoms with E-state index in [2.05, 4.69) is 27.2 Å². The van der Waals surface area contributed by atoms with Crippen LogP contribution < -0.4 is 15.4 Å². The molecule has 2 amide bonds. The normalized spacial score (nSPS) is 15.7. The van der Waals surface area contributed by atoms with E-state index in [-0.39, 0.29) is 28.8 Å². The van der Waals surface area contributed by atoms with Gasteiger partial charge in [-0.25, -0.2) is 4.98 Å². The number of anilines is 2. The van der Waals surface area contributed by atoms with Crippen LogP contribution in [0.5, 0.6) is 5.88 Å². The maximum atomic E-state index is 12.8. The second-order valence-corrected chi connectivity index (χ2v) is 7.13. The fourth-order valence-electron chi connectivity index (χ4n) is 2.93. The number of rotatable bonds is 6. The lowest BCUT2D eigenvalue weighted by molar-refractivity contribution is -0.111. The summed E-state index contributed by atoms with van der Waals surface area (Å²) in [6, 6.07) is 4.75. The highest BCUT2D eigenvalue weighted by Crippen LogP contribution is 2.26. The molecule has 29 heavy (non-hydrogen) atoms. The van der Waals surface area contributed by atoms with Crippen LogP contribution in [0.3, 0.4) is 0 Å². The highest BCUT2D eigenvalue weighted by atomic mass is 35.5. The molecular formula is C19H19Cl2N5O3. The van der Waals surface area contributed by atoms with Crippen molar-refractivity contribution in [3.8, 4) is 5.88 Å². The molecule has 1 saturated heterocycles. The number of carbonyl (C=O) groups is 2. The molecule has 1 aliphatic rings. The van der Waals surface area contributed by atoms with Gasteiger partial charge in [0, 0.05) is 24.7 Å². The SMILES string of the molecule is C=CC(=O)Nc1ccc(C(=O)N2CC[C@H](Nc3ncc(Cl)c(OC)n3)C2)cc1Cl. The van der Waals surface area contributed by atoms with Gasteiger partial charge in [0.15, 0.2) is 0 Å². The summed E-state index contributed by atoms with van der Waals surface area (Å²) in [7, 11) is 1.48. The number of hydrogen-bond donors (Lipinski definition) is 2. The first-order chi connectivity index (χ1) is 13.9. The van der Waals surface area contributed by atoms with Crippen LogP contribution in [0.1, 0.15) is 16.8 Å². The molecule has 0 aliphatic carbocycles. The molecule has 2 aromatic rings. The molecule has 1 aromatic carbocycles. The molecule has 1 atom stereocenters. The number of methoxy groups -OCH3 is 1. The number of aromatic nitrogens is 2. The molecule has 3 rings (SSSR count). The van der Waals surface area contributed by atoms with Crippen molar-refractivity contribution in [1.82, 2.24) is 14.9 Å². The minimum absolute atomic E-state index is 0.00791. The Labute approximate surface area is 177 Å². The zero-order valence-corrected chi connectivity index (χ0v) is 17.1. The molecule has 0 saturated carbocycles. The van der Waals surface area contributed by atoms with Crippen LogP contribution in [0, 0.1) is 0 Å². The number of ether oxygens (including phenoxy) is 1. The van der Waals surface area contributed by atoms with Gasteiger partial charge in [0.25, 0.3) is 5.91 Å². The van der Waals surface area contributed by atoms with Crippen LogP contribution >= 0.6 is 23.2 Å². The lowest BCUT2D eigenvalue weighted by Gasteiger charge is -2.18. The maximum Gasteiger partial charge on any atom is 0.253 e. The van der Waals surface area contributed by atoms with E-state index >= 15 is 0 Å². The summed E-state index contributed by atoms with van der Waals surface area (Å²) < 4.78 is 5.09. The lowest BCUT2D eigenvalue weighted by atomic mass is 10.2. The van der Waals surface area contributed by atoms with Crippen LogP contribution in [0.2, 0.25) is 10.0 Å². The highest BCUT2D eigenvalue weighted by Gasteiger charge is 2.28. The summed E-state index contributed by atoms with van der Waals surface area (Å²) >= 11 is 12.1. The van der Waals surface area contributed by atoms with Gasteiger partial charge in [-0.3, -0.25) is 9.59 Å². The van der Waals surface area contributed by atoms with E-state index in [1.54, 1.807) is 17.0 Å². The van der Waals surface area contributed by atoms with Crippen molar-refractivity contribution in [3.63, 3.8) is 0 Å². The second-order valence-electron chi connectivity index (χ2n) is 6.32. The van der Waals surface area contributed by atoms with E-state index in [0.29, 0.717) is 35.3 Å². The van der Waals surface area contributed by atoms with Crippen LogP contribution in [-0.2, 0) is 4.79 Å². The zero-order chi connectivity index (χ0) is 21.0. The molecule has 1 fully saturated rings. The number of likely N-dealkylation sites (tertiary alicyclic amines) is 1. The largest absolute Gasteiger partial charge is 0.480 e. The Morgan fingerprint density at radius 3 is 2.83 bits per heavy atom. The number of nitrogens with one attached hydrogen (secondary N) is 2. The first kappa shape index (κ1) is 20.9. The Kier molecular flexibility index (Phi) is 6.56. The van der Waals surface area contributed by atoms with Crippen LogP contribution in [0.25, 0.3) is 0 Å². The van der Waals surface area contributed by atoms with E-state index in [0.717, 1.165) is 12.5 Å². The summed E-state index contributed by atoms with van der Waals surface area (Å²) in [6.45, 7) is 4.45. The standard InChI is InChI=1S/C19H19Cl2N5O3/c1-3-16(27)24-15-5-4-11(8-13(15)20)18(28)26-7-6-12(10-26)23-19-22-9-14(21)17(25-19)29-2/h3-5,8-9,12H,1,6-7,10H2,2H3,(H,24,27)(H,22,23,25)/t12-/m0/s1. The lowest BCUT2D eigenvalue weighted by Crippen LogP contribution is -2.31. The number of carbonyl (C=O) groups excluding carboxylic acids is 2. The molecular weight excluding hydrogens is 417 g/mol. The van der Waals surface area contributed by atoms with Gasteiger partial charge < -0.3 is 20.3 Å². The van der Waals surface area contributed by atoms with Gasteiger partial charge in [0.1, 0.15) is 5.02 Å². The fraction of sp³-hybridized carbons (Fsp3) is 0.263. The molecule has 0 unspecified atom stereocenters. The first-order valence-electron chi connectivity index (χ1n) is 8.76. The number of nitrogens with zero attached hydrogens (tertiary/aromatic N) is 3. The number of hydrogen-bond acceptors (Lipinski definition) is 6. The van der Waals surface area contributed by atoms with E-state index < -0.39 is 0 Å². The Balaban J connectivity index is 1.64. The van der Waals surface area contributed by atoms with E-state index in [9.17, 15) is 9.59 Å². The summed E-state index contributed by atoms with van der Waals surface area (Å²) in [6.07, 6.45) is 3.34. The third-order valence-corrected chi connectivity index (χ3v) is 4.95. The predicted octanol–water partition coefficient (Wildman–Crippen LogP) is 3.24. The highest BCUT2D eigenvalue weighted by molar-refractivity contribution is 6.34. The third kappa shape index (κ3) is 4.96. The molecule has 0 radical (unpaired) electrons. The van der Waals surface area contributed by atoms with Crippen LogP contribution in [-0.4, -0.2) is 52.9 Å². The minimum atomic E-state index is -0.375. The van der Waals surface area contributed by atoms with E-state index in [1.807, 2.05) is 0 Å². The minimum Gasteiger partial charge on any atom is -0.480 e. The van der Waals surface area contributed by atoms with Gasteiger partial charge in [-0.1, -0.05) is 29.8 Å². The molecule has 1 aliphatic heterocycles. The molecule has 0 spiro atoms. The van der Waals surface area contributed by atoms with Crippen molar-refractivity contribution in [2.24, 2.45) is 0 Å². The monoisotopic (exact) mass is 435 g/mol. The average molecular weight is 436 g/mol. The first-order valence-corrected chi connectivity index (χ1v) is 9.52. The molecule has 2 heterocycles. The third-order valence-electron chi connectivity index (χ3n) is 4.37. The number of amides is 2. The Bertz CT molecular complexity index is 953. The molecule has 1 aromatic heterocycles. The van der Waals surface area contributed by atoms with Crippen molar-refractivity contribution in [3.05, 3.63) is 52.7 Å². The fourth-order valence-corrected chi connectivity index (χ4v) is 3.32. The molecule has 10 heteroatoms. The predicted molar refractivity (Wildman–Crippen MR) is 112 cm³/mol. The zero-order valence-electron chi connectivity index (χ0n) is 15.6. The summed E-state index contributed by atoms with van der Waals surface area (Å²) in [5, 5.41) is 6.38. The Hall–Kier alpha value is -2.84. The van der Waals surface area contributed by atoms with Gasteiger partial charge in [0.05, 0.1) is 24.0 Å². The Morgan fingerprint density at radius 2 is 2.14 bits per heavy atom. The van der Waals surface area contributed by atoms with Gasteiger partial charge in [0.2, 0.25) is 17.7 Å². The molecule has 0 bridgehead atoms. The van der Waals surface area contributed by atoms with Crippen LogP contribution in [0.15, 0.2) is 37.1 Å². The second kappa shape index (κ2) is 9.11. The molecule has 8 nitrogen and oxygen atoms in total. The summed E-state index contributed by atoms with van der Waals surface area (Å²) in [5.41, 5.74) is 0.861. The quantitative estimate of drug-likeness (QED) is 0.675. The van der Waals surface area contributed by atoms with Crippen LogP contribution in [0.4, 0.5) is 11.6 Å². The van der Waals surface area contributed by atoms with Crippen molar-refractivity contribution in [2.75, 3.05) is 30.8 Å². The van der Waals surface area contributed by atoms with E-state index in [4.69, 9.17) is 27.9 Å². The van der Waals surface area contributed by atoms with Gasteiger partial charge in [-0.2, -0.15) is 4.98 Å². The van der Waals surface area contributed by atoms with Crippen molar-refractivity contribution in [1.29, 1.82) is 0 Å². The summed E-state index contributed by atoms with van der Waals surface area (Å²) in [5.74, 6) is 0.150. The Morgan fingerprint density at radius 1 is 1.34 bits per heavy atom. The molecule has 152 valence electrons. The van der Waals surface area contributed by atoms with Gasteiger partial charge >= 0.3 is 0 Å². The van der Waals surface area contributed by atoms with Crippen molar-refractivity contribution in [2.45, 2.75) is 12.5 Å². The van der Waals surface area contributed by atoms with Gasteiger partial charge in [-0.15, -0.1) is 0 Å². The molecule has 2 N–H and O–H groups in total. The smallest absolute Gasteiger partial charge is 0.253 e. The maximum absolute atomic E-state index is 12.8. The summed E-state index contributed by atoms with van der Waals surface area (Å²) in [4.78, 5) is 34.3. The topological polar surface area (TPSA) is 96.5 Å². The number of benzene rings is 1. The van der Waals surface area contributed by atoms with E-state index in [1.165, 1.54) is 19.4 Å². The average Bonchev–Trinajstić information content (AvgIpc) is 3.18. The van der Waals surface area contributed by atoms with Crippen molar-refractivity contribution >= 4 is 46.7 Å². The van der Waals surface area contributed by atoms with Crippen molar-refractivity contribution < 1.29 is 14.3 Å².